The summed E-state index contributed by atoms with van der Waals surface area (Å²) in [6, 6.07) is 78.1. The summed E-state index contributed by atoms with van der Waals surface area (Å²) in [5, 5.41) is 4.69. The predicted octanol–water partition coefficient (Wildman–Crippen LogP) is 16.2. The maximum absolute atomic E-state index is 6.29. The first-order valence-electron chi connectivity index (χ1n) is 19.6. The van der Waals surface area contributed by atoms with Crippen LogP contribution >= 0.6 is 11.3 Å². The van der Waals surface area contributed by atoms with E-state index >= 15 is 0 Å². The number of rotatable bonds is 8. The lowest BCUT2D eigenvalue weighted by atomic mass is 10.0. The first-order valence-corrected chi connectivity index (χ1v) is 20.4. The Morgan fingerprint density at radius 3 is 1.64 bits per heavy atom. The summed E-state index contributed by atoms with van der Waals surface area (Å²) in [7, 11) is 0. The number of thiophene rings is 1. The molecule has 0 saturated heterocycles. The minimum atomic E-state index is 0.883. The number of fused-ring (bicyclic) bond motifs is 6. The Morgan fingerprint density at radius 1 is 0.310 bits per heavy atom. The number of benzene rings is 9. The number of hydrogen-bond acceptors (Lipinski definition) is 4. The molecular formula is C54H36N2OS. The van der Waals surface area contributed by atoms with Crippen LogP contribution in [0, 0.1) is 0 Å². The number of anilines is 6. The Bertz CT molecular complexity index is 3220. The van der Waals surface area contributed by atoms with E-state index in [1.807, 2.05) is 23.5 Å². The molecule has 0 amide bonds. The second-order valence-electron chi connectivity index (χ2n) is 14.6. The fourth-order valence-electron chi connectivity index (χ4n) is 8.28. The van der Waals surface area contributed by atoms with E-state index in [4.69, 9.17) is 4.42 Å². The summed E-state index contributed by atoms with van der Waals surface area (Å²) in [6.07, 6.45) is 0. The number of para-hydroxylation sites is 2. The van der Waals surface area contributed by atoms with Gasteiger partial charge in [-0.2, -0.15) is 0 Å². The number of hydrogen-bond donors (Lipinski definition) is 0. The smallest absolute Gasteiger partial charge is 0.135 e. The topological polar surface area (TPSA) is 19.6 Å². The molecule has 0 bridgehead atoms. The minimum absolute atomic E-state index is 0.883. The molecule has 3 nitrogen and oxygen atoms in total. The third-order valence-corrected chi connectivity index (χ3v) is 12.2. The molecule has 11 rings (SSSR count). The third-order valence-electron chi connectivity index (χ3n) is 11.0. The Hall–Kier alpha value is -7.40. The van der Waals surface area contributed by atoms with Gasteiger partial charge in [0.2, 0.25) is 0 Å². The van der Waals surface area contributed by atoms with E-state index in [1.165, 1.54) is 42.4 Å². The van der Waals surface area contributed by atoms with Crippen LogP contribution in [0.25, 0.3) is 64.4 Å². The first-order chi connectivity index (χ1) is 28.7. The van der Waals surface area contributed by atoms with Gasteiger partial charge >= 0.3 is 0 Å². The highest BCUT2D eigenvalue weighted by Crippen LogP contribution is 2.48. The molecule has 0 aliphatic heterocycles. The van der Waals surface area contributed by atoms with Crippen molar-refractivity contribution in [3.05, 3.63) is 218 Å². The van der Waals surface area contributed by atoms with E-state index in [0.717, 1.165) is 56.1 Å². The molecule has 58 heavy (non-hydrogen) atoms. The van der Waals surface area contributed by atoms with Gasteiger partial charge in [-0.15, -0.1) is 11.3 Å². The minimum Gasteiger partial charge on any atom is -0.456 e. The van der Waals surface area contributed by atoms with Crippen LogP contribution in [0.5, 0.6) is 0 Å². The van der Waals surface area contributed by atoms with Crippen molar-refractivity contribution in [2.45, 2.75) is 0 Å². The van der Waals surface area contributed by atoms with Gasteiger partial charge in [0.25, 0.3) is 0 Å². The Labute approximate surface area is 340 Å². The van der Waals surface area contributed by atoms with Gasteiger partial charge in [-0.05, 0) is 101 Å². The van der Waals surface area contributed by atoms with Crippen molar-refractivity contribution in [1.29, 1.82) is 0 Å². The van der Waals surface area contributed by atoms with Crippen molar-refractivity contribution < 1.29 is 4.42 Å². The lowest BCUT2D eigenvalue weighted by Crippen LogP contribution is -2.10. The second-order valence-corrected chi connectivity index (χ2v) is 15.6. The van der Waals surface area contributed by atoms with Crippen LogP contribution < -0.4 is 9.80 Å². The first kappa shape index (κ1) is 33.9. The number of nitrogens with zero attached hydrogens (tertiary/aromatic N) is 2. The molecule has 0 aliphatic rings. The van der Waals surface area contributed by atoms with Gasteiger partial charge < -0.3 is 14.2 Å². The van der Waals surface area contributed by atoms with Crippen molar-refractivity contribution >= 4 is 87.6 Å². The maximum Gasteiger partial charge on any atom is 0.135 e. The van der Waals surface area contributed by atoms with Crippen LogP contribution in [0.3, 0.4) is 0 Å². The largest absolute Gasteiger partial charge is 0.456 e. The van der Waals surface area contributed by atoms with Crippen LogP contribution in [-0.2, 0) is 0 Å². The molecule has 0 fully saturated rings. The van der Waals surface area contributed by atoms with Gasteiger partial charge in [0.05, 0.1) is 10.4 Å². The molecule has 0 aliphatic carbocycles. The van der Waals surface area contributed by atoms with E-state index in [0.29, 0.717) is 0 Å². The fourth-order valence-corrected chi connectivity index (χ4v) is 9.52. The lowest BCUT2D eigenvalue weighted by Gasteiger charge is -2.26. The van der Waals surface area contributed by atoms with Gasteiger partial charge in [0, 0.05) is 54.7 Å². The van der Waals surface area contributed by atoms with E-state index in [9.17, 15) is 0 Å². The molecule has 0 N–H and O–H groups in total. The molecule has 0 unspecified atom stereocenters. The second kappa shape index (κ2) is 14.3. The molecule has 274 valence electrons. The molecule has 4 heteroatoms. The van der Waals surface area contributed by atoms with Gasteiger partial charge in [-0.3, -0.25) is 0 Å². The van der Waals surface area contributed by atoms with Gasteiger partial charge in [-0.1, -0.05) is 140 Å². The zero-order chi connectivity index (χ0) is 38.4. The van der Waals surface area contributed by atoms with Gasteiger partial charge in [0.1, 0.15) is 11.2 Å². The summed E-state index contributed by atoms with van der Waals surface area (Å²) in [5.41, 5.74) is 13.2. The predicted molar refractivity (Wildman–Crippen MR) is 247 cm³/mol. The molecule has 0 radical (unpaired) electrons. The lowest BCUT2D eigenvalue weighted by molar-refractivity contribution is 0.669. The van der Waals surface area contributed by atoms with Crippen molar-refractivity contribution in [3.63, 3.8) is 0 Å². The summed E-state index contributed by atoms with van der Waals surface area (Å²) in [5.74, 6) is 0. The van der Waals surface area contributed by atoms with E-state index in [2.05, 4.69) is 216 Å². The van der Waals surface area contributed by atoms with Crippen molar-refractivity contribution in [2.24, 2.45) is 0 Å². The number of furan rings is 1. The molecule has 0 atom stereocenters. The molecule has 2 aromatic heterocycles. The molecule has 11 aromatic rings. The van der Waals surface area contributed by atoms with Crippen LogP contribution in [0.2, 0.25) is 0 Å². The van der Waals surface area contributed by atoms with Crippen molar-refractivity contribution in [3.8, 4) is 22.3 Å². The molecule has 2 heterocycles. The average Bonchev–Trinajstić information content (AvgIpc) is 3.86. The summed E-state index contributed by atoms with van der Waals surface area (Å²) >= 11 is 1.85. The SMILES string of the molecule is c1ccc(-c2ccc(N(c3ccccc3)c3ccc4c(c3)sc3c(N(c5cccc(-c6ccccc6)c5)c5ccc6oc7ccccc7c6c5)cccc34)cc2)cc1. The maximum atomic E-state index is 6.29. The van der Waals surface area contributed by atoms with Crippen molar-refractivity contribution in [1.82, 2.24) is 0 Å². The normalized spacial score (nSPS) is 11.4. The zero-order valence-corrected chi connectivity index (χ0v) is 32.3. The Morgan fingerprint density at radius 2 is 0.845 bits per heavy atom. The highest BCUT2D eigenvalue weighted by atomic mass is 32.1. The zero-order valence-electron chi connectivity index (χ0n) is 31.5. The monoisotopic (exact) mass is 760 g/mol. The highest BCUT2D eigenvalue weighted by molar-refractivity contribution is 7.26. The van der Waals surface area contributed by atoms with E-state index < -0.39 is 0 Å². The summed E-state index contributed by atoms with van der Waals surface area (Å²) in [6.45, 7) is 0. The third kappa shape index (κ3) is 5.99. The molecule has 0 saturated carbocycles. The standard InChI is InChI=1S/C54H36N2OS/c1-4-14-37(15-5-1)39-26-28-42(29-27-39)55(41-19-8-3-9-20-41)45-30-32-47-48-23-13-24-50(54(48)58-53(47)36-45)56(43-21-12-18-40(34-43)38-16-6-2-7-17-38)44-31-33-52-49(35-44)46-22-10-11-25-51(46)57-52/h1-36H. The van der Waals surface area contributed by atoms with E-state index in [1.54, 1.807) is 0 Å². The molecule has 9 aromatic carbocycles. The highest BCUT2D eigenvalue weighted by Gasteiger charge is 2.21. The Balaban J connectivity index is 1.07. The Kier molecular flexibility index (Phi) is 8.34. The fraction of sp³-hybridized carbons (Fsp3) is 0. The van der Waals surface area contributed by atoms with Crippen LogP contribution in [0.4, 0.5) is 34.1 Å². The quantitative estimate of drug-likeness (QED) is 0.154. The summed E-state index contributed by atoms with van der Waals surface area (Å²) < 4.78 is 8.75. The van der Waals surface area contributed by atoms with Gasteiger partial charge in [0.15, 0.2) is 0 Å². The molecule has 0 spiro atoms. The van der Waals surface area contributed by atoms with Crippen LogP contribution in [-0.4, -0.2) is 0 Å². The van der Waals surface area contributed by atoms with Gasteiger partial charge in [-0.25, -0.2) is 0 Å². The van der Waals surface area contributed by atoms with Crippen LogP contribution in [0.15, 0.2) is 223 Å². The van der Waals surface area contributed by atoms with Crippen molar-refractivity contribution in [2.75, 3.05) is 9.80 Å². The average molecular weight is 761 g/mol. The molecular weight excluding hydrogens is 725 g/mol. The van der Waals surface area contributed by atoms with E-state index in [-0.39, 0.29) is 0 Å². The summed E-state index contributed by atoms with van der Waals surface area (Å²) in [4.78, 5) is 4.77. The van der Waals surface area contributed by atoms with Crippen LogP contribution in [0.1, 0.15) is 0 Å².